The number of hydrogen-bond donors (Lipinski definition) is 1. The van der Waals surface area contributed by atoms with Crippen LogP contribution in [0.5, 0.6) is 0 Å². The Kier molecular flexibility index (Phi) is 5.41. The van der Waals surface area contributed by atoms with Gasteiger partial charge in [0.15, 0.2) is 0 Å². The molecule has 124 valence electrons. The van der Waals surface area contributed by atoms with E-state index >= 15 is 0 Å². The predicted octanol–water partition coefficient (Wildman–Crippen LogP) is 3.25. The van der Waals surface area contributed by atoms with Gasteiger partial charge in [-0.25, -0.2) is 0 Å². The number of likely N-dealkylation sites (tertiary alicyclic amines) is 1. The van der Waals surface area contributed by atoms with Crippen molar-refractivity contribution in [1.82, 2.24) is 14.9 Å². The molecule has 0 saturated carbocycles. The summed E-state index contributed by atoms with van der Waals surface area (Å²) in [6.07, 6.45) is 10.2. The first kappa shape index (κ1) is 16.1. The summed E-state index contributed by atoms with van der Waals surface area (Å²) in [4.78, 5) is 11.3. The second kappa shape index (κ2) is 7.70. The van der Waals surface area contributed by atoms with Crippen molar-refractivity contribution in [2.45, 2.75) is 57.7 Å². The summed E-state index contributed by atoms with van der Waals surface area (Å²) in [6, 6.07) is 4.02. The molecule has 0 aliphatic carbocycles. The van der Waals surface area contributed by atoms with Crippen LogP contribution in [-0.2, 0) is 6.54 Å². The number of aromatic nitrogens is 2. The number of rotatable bonds is 5. The molecule has 5 heteroatoms. The van der Waals surface area contributed by atoms with Gasteiger partial charge in [0.2, 0.25) is 0 Å². The molecule has 2 atom stereocenters. The van der Waals surface area contributed by atoms with Crippen LogP contribution in [0, 0.1) is 6.92 Å². The third-order valence-electron chi connectivity index (χ3n) is 4.57. The van der Waals surface area contributed by atoms with E-state index in [4.69, 9.17) is 4.42 Å². The highest BCUT2D eigenvalue weighted by Crippen LogP contribution is 2.27. The molecular weight excluding hydrogens is 290 g/mol. The van der Waals surface area contributed by atoms with Crippen molar-refractivity contribution in [2.75, 3.05) is 6.54 Å². The molecule has 0 unspecified atom stereocenters. The summed E-state index contributed by atoms with van der Waals surface area (Å²) in [5.74, 6) is 0.657. The normalized spacial score (nSPS) is 21.0. The smallest absolute Gasteiger partial charge is 0.132 e. The maximum Gasteiger partial charge on any atom is 0.132 e. The molecule has 1 saturated heterocycles. The Bertz CT molecular complexity index is 583. The van der Waals surface area contributed by atoms with Crippen molar-refractivity contribution >= 4 is 0 Å². The van der Waals surface area contributed by atoms with E-state index in [9.17, 15) is 5.11 Å². The second-order valence-corrected chi connectivity index (χ2v) is 6.39. The fourth-order valence-electron chi connectivity index (χ4n) is 3.28. The Morgan fingerprint density at radius 2 is 2.22 bits per heavy atom. The highest BCUT2D eigenvalue weighted by molar-refractivity contribution is 5.04. The molecule has 0 bridgehead atoms. The van der Waals surface area contributed by atoms with Gasteiger partial charge in [0.25, 0.3) is 0 Å². The standard InChI is InChI=1S/C18H25N3O2/c1-14-11-20-15(12-19-14)13-21-8-4-2-3-6-16(21)10-17(22)18-7-5-9-23-18/h5,7,9,11-12,16-17,22H,2-4,6,8,10,13H2,1H3/t16-,17-/m1/s1. The molecule has 1 aliphatic heterocycles. The molecule has 1 N–H and O–H groups in total. The van der Waals surface area contributed by atoms with Gasteiger partial charge >= 0.3 is 0 Å². The summed E-state index contributed by atoms with van der Waals surface area (Å²) < 4.78 is 5.34. The van der Waals surface area contributed by atoms with Crippen LogP contribution in [0.25, 0.3) is 0 Å². The average Bonchev–Trinajstić information content (AvgIpc) is 3.01. The first-order valence-corrected chi connectivity index (χ1v) is 8.45. The van der Waals surface area contributed by atoms with Gasteiger partial charge in [-0.05, 0) is 44.9 Å². The van der Waals surface area contributed by atoms with Gasteiger partial charge < -0.3 is 9.52 Å². The zero-order valence-electron chi connectivity index (χ0n) is 13.7. The summed E-state index contributed by atoms with van der Waals surface area (Å²) in [6.45, 7) is 3.79. The number of aliphatic hydroxyl groups excluding tert-OH is 1. The Hall–Kier alpha value is -1.72. The zero-order valence-corrected chi connectivity index (χ0v) is 13.7. The van der Waals surface area contributed by atoms with Crippen LogP contribution in [0.4, 0.5) is 0 Å². The summed E-state index contributed by atoms with van der Waals surface area (Å²) in [5.41, 5.74) is 1.93. The van der Waals surface area contributed by atoms with Gasteiger partial charge in [-0.1, -0.05) is 12.8 Å². The predicted molar refractivity (Wildman–Crippen MR) is 87.7 cm³/mol. The van der Waals surface area contributed by atoms with E-state index in [1.54, 1.807) is 6.26 Å². The molecule has 0 radical (unpaired) electrons. The van der Waals surface area contributed by atoms with E-state index in [1.807, 2.05) is 31.5 Å². The largest absolute Gasteiger partial charge is 0.467 e. The summed E-state index contributed by atoms with van der Waals surface area (Å²) >= 11 is 0. The highest BCUT2D eigenvalue weighted by atomic mass is 16.4. The lowest BCUT2D eigenvalue weighted by Gasteiger charge is -2.30. The SMILES string of the molecule is Cc1cnc(CN2CCCCC[C@@H]2C[C@@H](O)c2ccco2)cn1. The maximum atomic E-state index is 10.4. The lowest BCUT2D eigenvalue weighted by Crippen LogP contribution is -2.35. The van der Waals surface area contributed by atoms with Crippen LogP contribution in [0.1, 0.15) is 55.4 Å². The van der Waals surface area contributed by atoms with Gasteiger partial charge in [0.1, 0.15) is 11.9 Å². The van der Waals surface area contributed by atoms with E-state index < -0.39 is 6.10 Å². The lowest BCUT2D eigenvalue weighted by molar-refractivity contribution is 0.0824. The Labute approximate surface area is 137 Å². The van der Waals surface area contributed by atoms with Gasteiger partial charge in [-0.3, -0.25) is 14.9 Å². The van der Waals surface area contributed by atoms with Crippen molar-refractivity contribution in [3.8, 4) is 0 Å². The van der Waals surface area contributed by atoms with Crippen molar-refractivity contribution < 1.29 is 9.52 Å². The quantitative estimate of drug-likeness (QED) is 0.917. The molecule has 23 heavy (non-hydrogen) atoms. The van der Waals surface area contributed by atoms with E-state index in [2.05, 4.69) is 14.9 Å². The van der Waals surface area contributed by atoms with Crippen LogP contribution < -0.4 is 0 Å². The van der Waals surface area contributed by atoms with Gasteiger partial charge in [-0.15, -0.1) is 0 Å². The molecular formula is C18H25N3O2. The van der Waals surface area contributed by atoms with Crippen molar-refractivity contribution in [3.05, 3.63) is 47.9 Å². The molecule has 0 amide bonds. The number of aryl methyl sites for hydroxylation is 1. The minimum Gasteiger partial charge on any atom is -0.467 e. The first-order valence-electron chi connectivity index (χ1n) is 8.45. The van der Waals surface area contributed by atoms with Crippen LogP contribution >= 0.6 is 0 Å². The van der Waals surface area contributed by atoms with Crippen molar-refractivity contribution in [3.63, 3.8) is 0 Å². The first-order chi connectivity index (χ1) is 11.2. The maximum absolute atomic E-state index is 10.4. The molecule has 3 heterocycles. The number of furan rings is 1. The van der Waals surface area contributed by atoms with Crippen LogP contribution in [0.15, 0.2) is 35.2 Å². The Morgan fingerprint density at radius 3 is 2.96 bits per heavy atom. The summed E-state index contributed by atoms with van der Waals surface area (Å²) in [7, 11) is 0. The molecule has 3 rings (SSSR count). The number of nitrogens with zero attached hydrogens (tertiary/aromatic N) is 3. The van der Waals surface area contributed by atoms with E-state index in [0.717, 1.165) is 30.9 Å². The number of aliphatic hydroxyl groups is 1. The molecule has 5 nitrogen and oxygen atoms in total. The molecule has 1 fully saturated rings. The fourth-order valence-corrected chi connectivity index (χ4v) is 3.28. The Morgan fingerprint density at radius 1 is 1.30 bits per heavy atom. The van der Waals surface area contributed by atoms with Gasteiger partial charge in [0.05, 0.1) is 17.7 Å². The van der Waals surface area contributed by atoms with Crippen LogP contribution in [-0.4, -0.2) is 32.6 Å². The third-order valence-corrected chi connectivity index (χ3v) is 4.57. The van der Waals surface area contributed by atoms with Crippen LogP contribution in [0.3, 0.4) is 0 Å². The molecule has 2 aromatic rings. The monoisotopic (exact) mass is 315 g/mol. The third kappa shape index (κ3) is 4.39. The fraction of sp³-hybridized carbons (Fsp3) is 0.556. The highest BCUT2D eigenvalue weighted by Gasteiger charge is 2.25. The minimum atomic E-state index is -0.542. The van der Waals surface area contributed by atoms with Gasteiger partial charge in [0, 0.05) is 25.0 Å². The second-order valence-electron chi connectivity index (χ2n) is 6.39. The molecule has 0 spiro atoms. The summed E-state index contributed by atoms with van der Waals surface area (Å²) in [5, 5.41) is 10.4. The van der Waals surface area contributed by atoms with E-state index in [0.29, 0.717) is 18.2 Å². The van der Waals surface area contributed by atoms with Crippen LogP contribution in [0.2, 0.25) is 0 Å². The average molecular weight is 315 g/mol. The molecule has 1 aliphatic rings. The minimum absolute atomic E-state index is 0.348. The lowest BCUT2D eigenvalue weighted by atomic mass is 10.0. The zero-order chi connectivity index (χ0) is 16.1. The molecule has 2 aromatic heterocycles. The van der Waals surface area contributed by atoms with E-state index in [1.165, 1.54) is 19.3 Å². The Balaban J connectivity index is 1.68. The molecule has 0 aromatic carbocycles. The van der Waals surface area contributed by atoms with Crippen molar-refractivity contribution in [2.24, 2.45) is 0 Å². The number of hydrogen-bond acceptors (Lipinski definition) is 5. The van der Waals surface area contributed by atoms with E-state index in [-0.39, 0.29) is 0 Å². The van der Waals surface area contributed by atoms with Crippen molar-refractivity contribution in [1.29, 1.82) is 0 Å². The van der Waals surface area contributed by atoms with Gasteiger partial charge in [-0.2, -0.15) is 0 Å². The topological polar surface area (TPSA) is 62.4 Å².